The van der Waals surface area contributed by atoms with Crippen LogP contribution in [0.15, 0.2) is 40.2 Å². The molecule has 7 heteroatoms. The molecule has 1 aromatic rings. The van der Waals surface area contributed by atoms with Gasteiger partial charge in [-0.05, 0) is 40.5 Å². The van der Waals surface area contributed by atoms with Gasteiger partial charge in [-0.15, -0.1) is 6.58 Å². The summed E-state index contributed by atoms with van der Waals surface area (Å²) < 4.78 is 32.2. The van der Waals surface area contributed by atoms with Crippen molar-refractivity contribution in [2.24, 2.45) is 0 Å². The number of nitrogen functional groups attached to an aromatic ring is 1. The summed E-state index contributed by atoms with van der Waals surface area (Å²) in [7, 11) is -3.58. The highest BCUT2D eigenvalue weighted by molar-refractivity contribution is 9.10. The molecule has 1 rings (SSSR count). The molecule has 0 saturated heterocycles. The fourth-order valence-electron chi connectivity index (χ4n) is 1.32. The van der Waals surface area contributed by atoms with Crippen LogP contribution in [0.1, 0.15) is 6.42 Å². The van der Waals surface area contributed by atoms with Crippen LogP contribution in [0, 0.1) is 0 Å². The Bertz CT molecular complexity index is 532. The first-order valence-electron chi connectivity index (χ1n) is 5.70. The molecule has 0 amide bonds. The van der Waals surface area contributed by atoms with Gasteiger partial charge in [0.2, 0.25) is 10.0 Å². The monoisotopic (exact) mass is 348 g/mol. The van der Waals surface area contributed by atoms with Crippen LogP contribution < -0.4 is 10.5 Å². The summed E-state index contributed by atoms with van der Waals surface area (Å²) in [5, 5.41) is 0. The van der Waals surface area contributed by atoms with E-state index in [1.54, 1.807) is 18.2 Å². The van der Waals surface area contributed by atoms with Crippen LogP contribution >= 0.6 is 15.9 Å². The van der Waals surface area contributed by atoms with E-state index in [1.165, 1.54) is 6.07 Å². The fourth-order valence-corrected chi connectivity index (χ4v) is 3.33. The third-order valence-electron chi connectivity index (χ3n) is 2.25. The second-order valence-electron chi connectivity index (χ2n) is 3.78. The molecular formula is C12H17BrN2O3S. The molecule has 0 spiro atoms. The van der Waals surface area contributed by atoms with Crippen LogP contribution in [0.2, 0.25) is 0 Å². The van der Waals surface area contributed by atoms with E-state index >= 15 is 0 Å². The SMILES string of the molecule is C=CCCOCCNS(=O)(=O)c1cc(N)ccc1Br. The summed E-state index contributed by atoms with van der Waals surface area (Å²) in [5.41, 5.74) is 5.98. The third kappa shape index (κ3) is 5.32. The summed E-state index contributed by atoms with van der Waals surface area (Å²) in [5.74, 6) is 0. The highest BCUT2D eigenvalue weighted by atomic mass is 79.9. The molecule has 0 heterocycles. The standard InChI is InChI=1S/C12H17BrN2O3S/c1-2-3-7-18-8-6-15-19(16,17)12-9-10(14)4-5-11(12)13/h2,4-5,9,15H,1,3,6-8,14H2. The second kappa shape index (κ2) is 7.64. The number of anilines is 1. The number of hydrogen-bond acceptors (Lipinski definition) is 4. The molecule has 0 bridgehead atoms. The number of halogens is 1. The van der Waals surface area contributed by atoms with E-state index in [9.17, 15) is 8.42 Å². The highest BCUT2D eigenvalue weighted by Crippen LogP contribution is 2.23. The Morgan fingerprint density at radius 1 is 1.42 bits per heavy atom. The number of benzene rings is 1. The molecule has 19 heavy (non-hydrogen) atoms. The minimum absolute atomic E-state index is 0.124. The Kier molecular flexibility index (Phi) is 6.50. The van der Waals surface area contributed by atoms with Crippen LogP contribution in [0.5, 0.6) is 0 Å². The predicted octanol–water partition coefficient (Wildman–Crippen LogP) is 1.90. The third-order valence-corrected chi connectivity index (χ3v) is 4.70. The zero-order valence-corrected chi connectivity index (χ0v) is 12.8. The molecule has 0 saturated carbocycles. The maximum atomic E-state index is 12.0. The van der Waals surface area contributed by atoms with Crippen LogP contribution in [-0.2, 0) is 14.8 Å². The first-order valence-corrected chi connectivity index (χ1v) is 7.98. The number of ether oxygens (including phenoxy) is 1. The van der Waals surface area contributed by atoms with Gasteiger partial charge in [0.1, 0.15) is 0 Å². The molecule has 106 valence electrons. The largest absolute Gasteiger partial charge is 0.399 e. The lowest BCUT2D eigenvalue weighted by Crippen LogP contribution is -2.28. The first kappa shape index (κ1) is 16.2. The molecule has 3 N–H and O–H groups in total. The maximum Gasteiger partial charge on any atom is 0.241 e. The fraction of sp³-hybridized carbons (Fsp3) is 0.333. The molecule has 0 atom stereocenters. The van der Waals surface area contributed by atoms with Gasteiger partial charge in [0.25, 0.3) is 0 Å². The van der Waals surface area contributed by atoms with Crippen molar-refractivity contribution in [1.82, 2.24) is 4.72 Å². The number of nitrogens with one attached hydrogen (secondary N) is 1. The zero-order chi connectivity index (χ0) is 14.3. The van der Waals surface area contributed by atoms with E-state index in [2.05, 4.69) is 27.2 Å². The summed E-state index contributed by atoms with van der Waals surface area (Å²) in [6, 6.07) is 4.64. The van der Waals surface area contributed by atoms with Crippen molar-refractivity contribution in [3.63, 3.8) is 0 Å². The normalized spacial score (nSPS) is 11.4. The Morgan fingerprint density at radius 2 is 2.16 bits per heavy atom. The number of rotatable bonds is 8. The van der Waals surface area contributed by atoms with E-state index in [1.807, 2.05) is 0 Å². The maximum absolute atomic E-state index is 12.0. The van der Waals surface area contributed by atoms with Crippen molar-refractivity contribution in [1.29, 1.82) is 0 Å². The van der Waals surface area contributed by atoms with Gasteiger partial charge in [-0.1, -0.05) is 6.08 Å². The Morgan fingerprint density at radius 3 is 2.84 bits per heavy atom. The van der Waals surface area contributed by atoms with Gasteiger partial charge >= 0.3 is 0 Å². The van der Waals surface area contributed by atoms with Gasteiger partial charge in [-0.2, -0.15) is 0 Å². The van der Waals surface area contributed by atoms with E-state index in [0.717, 1.165) is 6.42 Å². The summed E-state index contributed by atoms with van der Waals surface area (Å²) >= 11 is 3.19. The summed E-state index contributed by atoms with van der Waals surface area (Å²) in [4.78, 5) is 0.124. The minimum atomic E-state index is -3.58. The number of nitrogens with two attached hydrogens (primary N) is 1. The number of hydrogen-bond donors (Lipinski definition) is 2. The Balaban J connectivity index is 2.56. The second-order valence-corrected chi connectivity index (χ2v) is 6.37. The van der Waals surface area contributed by atoms with E-state index < -0.39 is 10.0 Å². The van der Waals surface area contributed by atoms with Crippen molar-refractivity contribution in [2.45, 2.75) is 11.3 Å². The molecule has 0 aliphatic heterocycles. The molecule has 0 fully saturated rings. The van der Waals surface area contributed by atoms with Crippen LogP contribution in [0.4, 0.5) is 5.69 Å². The molecule has 0 aliphatic carbocycles. The van der Waals surface area contributed by atoms with Crippen molar-refractivity contribution in [3.05, 3.63) is 35.3 Å². The summed E-state index contributed by atoms with van der Waals surface area (Å²) in [6.07, 6.45) is 2.49. The van der Waals surface area contributed by atoms with Gasteiger partial charge in [-0.3, -0.25) is 0 Å². The smallest absolute Gasteiger partial charge is 0.241 e. The average Bonchev–Trinajstić information content (AvgIpc) is 2.36. The first-order chi connectivity index (χ1) is 8.97. The minimum Gasteiger partial charge on any atom is -0.399 e. The van der Waals surface area contributed by atoms with Crippen molar-refractivity contribution < 1.29 is 13.2 Å². The Hall–Kier alpha value is -0.890. The van der Waals surface area contributed by atoms with Crippen LogP contribution in [-0.4, -0.2) is 28.2 Å². The molecule has 0 aliphatic rings. The molecule has 0 radical (unpaired) electrons. The van der Waals surface area contributed by atoms with Crippen LogP contribution in [0.3, 0.4) is 0 Å². The van der Waals surface area contributed by atoms with E-state index in [4.69, 9.17) is 10.5 Å². The average molecular weight is 349 g/mol. The van der Waals surface area contributed by atoms with Gasteiger partial charge in [-0.25, -0.2) is 13.1 Å². The van der Waals surface area contributed by atoms with E-state index in [-0.39, 0.29) is 11.4 Å². The van der Waals surface area contributed by atoms with Crippen LogP contribution in [0.25, 0.3) is 0 Å². The molecule has 0 aromatic heterocycles. The topological polar surface area (TPSA) is 81.4 Å². The Labute approximate surface area is 122 Å². The van der Waals surface area contributed by atoms with Crippen molar-refractivity contribution in [2.75, 3.05) is 25.5 Å². The molecule has 0 unspecified atom stereocenters. The molecule has 5 nitrogen and oxygen atoms in total. The van der Waals surface area contributed by atoms with E-state index in [0.29, 0.717) is 23.4 Å². The number of sulfonamides is 1. The zero-order valence-electron chi connectivity index (χ0n) is 10.4. The highest BCUT2D eigenvalue weighted by Gasteiger charge is 2.17. The quantitative estimate of drug-likeness (QED) is 0.427. The van der Waals surface area contributed by atoms with Gasteiger partial charge in [0.15, 0.2) is 0 Å². The van der Waals surface area contributed by atoms with Crippen molar-refractivity contribution in [3.8, 4) is 0 Å². The van der Waals surface area contributed by atoms with Crippen molar-refractivity contribution >= 4 is 31.6 Å². The van der Waals surface area contributed by atoms with Gasteiger partial charge in [0.05, 0.1) is 18.1 Å². The van der Waals surface area contributed by atoms with Gasteiger partial charge < -0.3 is 10.5 Å². The predicted molar refractivity (Wildman–Crippen MR) is 79.4 cm³/mol. The lowest BCUT2D eigenvalue weighted by molar-refractivity contribution is 0.144. The lowest BCUT2D eigenvalue weighted by atomic mass is 10.3. The lowest BCUT2D eigenvalue weighted by Gasteiger charge is -2.09. The molecular weight excluding hydrogens is 332 g/mol. The summed E-state index contributed by atoms with van der Waals surface area (Å²) in [6.45, 7) is 4.62. The molecule has 1 aromatic carbocycles. The van der Waals surface area contributed by atoms with Gasteiger partial charge in [0, 0.05) is 16.7 Å².